The molecule has 2 aromatic rings. The smallest absolute Gasteiger partial charge is 0.253 e. The Morgan fingerprint density at radius 1 is 1.14 bits per heavy atom. The molecule has 7 heteroatoms. The summed E-state index contributed by atoms with van der Waals surface area (Å²) >= 11 is 6.55. The summed E-state index contributed by atoms with van der Waals surface area (Å²) in [5, 5.41) is 3.49. The van der Waals surface area contributed by atoms with Crippen LogP contribution in [-0.2, 0) is 6.54 Å². The predicted molar refractivity (Wildman–Crippen MR) is 153 cm³/mol. The molecule has 0 radical (unpaired) electrons. The first-order chi connectivity index (χ1) is 17.7. The number of hydrogen-bond donors (Lipinski definition) is 2. The topological polar surface area (TPSA) is 68.4 Å². The Morgan fingerprint density at radius 3 is 2.43 bits per heavy atom. The molecule has 1 aliphatic heterocycles. The third kappa shape index (κ3) is 6.06. The summed E-state index contributed by atoms with van der Waals surface area (Å²) < 4.78 is 0. The maximum atomic E-state index is 13.2. The Hall–Kier alpha value is -2.73. The average Bonchev–Trinajstić information content (AvgIpc) is 3.40. The molecule has 1 saturated heterocycles. The standard InChI is InChI=1S/C30H41ClN4O2/c1-6-35(25-11-9-23(10-12-25)22(5)34-13-7-8-14-34)28-17-24(31)16-26(21(28)4)29(36)32-18-27-19(2)15-20(3)33-30(27)37/h15-17,23,25H,5-14,18H2,1-4H3,(H,32,36)(H,33,37). The second kappa shape index (κ2) is 11.8. The van der Waals surface area contributed by atoms with Crippen LogP contribution in [0.2, 0.25) is 5.02 Å². The van der Waals surface area contributed by atoms with Gasteiger partial charge in [0.05, 0.1) is 0 Å². The maximum Gasteiger partial charge on any atom is 0.253 e. The highest BCUT2D eigenvalue weighted by Crippen LogP contribution is 2.37. The number of pyridine rings is 1. The average molecular weight is 525 g/mol. The molecule has 1 amide bonds. The number of carbonyl (C=O) groups is 1. The van der Waals surface area contributed by atoms with Gasteiger partial charge in [0.1, 0.15) is 0 Å². The van der Waals surface area contributed by atoms with Gasteiger partial charge in [-0.1, -0.05) is 18.2 Å². The molecule has 1 aromatic carbocycles. The second-order valence-electron chi connectivity index (χ2n) is 10.7. The van der Waals surface area contributed by atoms with Crippen molar-refractivity contribution in [1.29, 1.82) is 0 Å². The fourth-order valence-corrected chi connectivity index (χ4v) is 6.38. The fourth-order valence-electron chi connectivity index (χ4n) is 6.17. The van der Waals surface area contributed by atoms with Crippen LogP contribution in [0.15, 0.2) is 35.3 Å². The lowest BCUT2D eigenvalue weighted by Crippen LogP contribution is -2.40. The van der Waals surface area contributed by atoms with E-state index in [0.29, 0.717) is 28.1 Å². The van der Waals surface area contributed by atoms with E-state index >= 15 is 0 Å². The lowest BCUT2D eigenvalue weighted by Gasteiger charge is -2.40. The van der Waals surface area contributed by atoms with Crippen LogP contribution in [0.25, 0.3) is 0 Å². The van der Waals surface area contributed by atoms with Gasteiger partial charge in [-0.25, -0.2) is 0 Å². The van der Waals surface area contributed by atoms with Crippen LogP contribution < -0.4 is 15.8 Å². The summed E-state index contributed by atoms with van der Waals surface area (Å²) in [6, 6.07) is 6.04. The SMILES string of the molecule is C=C(C1CCC(N(CC)c2cc(Cl)cc(C(=O)NCc3c(C)cc(C)[nH]c3=O)c2C)CC1)N1CCCC1. The molecule has 4 rings (SSSR count). The fraction of sp³-hybridized carbons (Fsp3) is 0.533. The Bertz CT molecular complexity index is 1210. The predicted octanol–water partition coefficient (Wildman–Crippen LogP) is 5.88. The molecule has 0 unspecified atom stereocenters. The van der Waals surface area contributed by atoms with Gasteiger partial charge in [0.2, 0.25) is 0 Å². The molecular weight excluding hydrogens is 484 g/mol. The minimum absolute atomic E-state index is 0.165. The van der Waals surface area contributed by atoms with Crippen LogP contribution in [0.5, 0.6) is 0 Å². The van der Waals surface area contributed by atoms with Crippen molar-refractivity contribution in [3.8, 4) is 0 Å². The van der Waals surface area contributed by atoms with Crippen molar-refractivity contribution >= 4 is 23.2 Å². The molecule has 0 spiro atoms. The molecule has 0 atom stereocenters. The Labute approximate surface area is 226 Å². The Kier molecular flexibility index (Phi) is 8.68. The number of aromatic amines is 1. The summed E-state index contributed by atoms with van der Waals surface area (Å²) in [5.41, 5.74) is 5.90. The van der Waals surface area contributed by atoms with Crippen molar-refractivity contribution in [1.82, 2.24) is 15.2 Å². The molecule has 1 saturated carbocycles. The Morgan fingerprint density at radius 2 is 1.81 bits per heavy atom. The zero-order valence-electron chi connectivity index (χ0n) is 22.8. The van der Waals surface area contributed by atoms with Gasteiger partial charge >= 0.3 is 0 Å². The van der Waals surface area contributed by atoms with E-state index in [0.717, 1.165) is 67.8 Å². The van der Waals surface area contributed by atoms with E-state index in [9.17, 15) is 9.59 Å². The van der Waals surface area contributed by atoms with Gasteiger partial charge in [-0.3, -0.25) is 9.59 Å². The summed E-state index contributed by atoms with van der Waals surface area (Å²) in [7, 11) is 0. The number of H-pyrrole nitrogens is 1. The number of hydrogen-bond acceptors (Lipinski definition) is 4. The maximum absolute atomic E-state index is 13.2. The Balaban J connectivity index is 1.47. The zero-order chi connectivity index (χ0) is 26.7. The normalized spacial score (nSPS) is 19.6. The summed E-state index contributed by atoms with van der Waals surface area (Å²) in [6.07, 6.45) is 7.07. The highest BCUT2D eigenvalue weighted by atomic mass is 35.5. The van der Waals surface area contributed by atoms with Crippen molar-refractivity contribution in [2.24, 2.45) is 5.92 Å². The molecule has 37 heavy (non-hydrogen) atoms. The van der Waals surface area contributed by atoms with Gasteiger partial charge in [0.15, 0.2) is 0 Å². The van der Waals surface area contributed by atoms with Gasteiger partial charge < -0.3 is 20.1 Å². The number of carbonyl (C=O) groups excluding carboxylic acids is 1. The van der Waals surface area contributed by atoms with Gasteiger partial charge in [0, 0.05) is 65.4 Å². The number of rotatable bonds is 8. The third-order valence-electron chi connectivity index (χ3n) is 8.28. The number of allylic oxidation sites excluding steroid dienone is 1. The van der Waals surface area contributed by atoms with E-state index in [1.165, 1.54) is 18.5 Å². The number of likely N-dealkylation sites (tertiary alicyclic amines) is 1. The largest absolute Gasteiger partial charge is 0.375 e. The van der Waals surface area contributed by atoms with Crippen molar-refractivity contribution in [2.45, 2.75) is 78.8 Å². The molecule has 2 N–H and O–H groups in total. The molecule has 1 aliphatic carbocycles. The minimum Gasteiger partial charge on any atom is -0.375 e. The first kappa shape index (κ1) is 27.3. The van der Waals surface area contributed by atoms with Gasteiger partial charge in [0.25, 0.3) is 11.5 Å². The second-order valence-corrected chi connectivity index (χ2v) is 11.1. The number of aromatic nitrogens is 1. The van der Waals surface area contributed by atoms with Crippen LogP contribution in [-0.4, -0.2) is 41.5 Å². The summed E-state index contributed by atoms with van der Waals surface area (Å²) in [5.74, 6) is 0.352. The van der Waals surface area contributed by atoms with Gasteiger partial charge in [-0.15, -0.1) is 0 Å². The van der Waals surface area contributed by atoms with E-state index in [4.69, 9.17) is 11.6 Å². The van der Waals surface area contributed by atoms with Crippen molar-refractivity contribution in [2.75, 3.05) is 24.5 Å². The lowest BCUT2D eigenvalue weighted by molar-refractivity contribution is 0.0950. The number of aryl methyl sites for hydroxylation is 2. The van der Waals surface area contributed by atoms with Gasteiger partial charge in [-0.2, -0.15) is 0 Å². The lowest BCUT2D eigenvalue weighted by atomic mass is 9.83. The van der Waals surface area contributed by atoms with Crippen LogP contribution in [0, 0.1) is 26.7 Å². The van der Waals surface area contributed by atoms with Crippen LogP contribution in [0.4, 0.5) is 5.69 Å². The van der Waals surface area contributed by atoms with Crippen LogP contribution in [0.3, 0.4) is 0 Å². The quantitative estimate of drug-likeness (QED) is 0.452. The molecule has 2 aliphatic rings. The van der Waals surface area contributed by atoms with E-state index in [1.54, 1.807) is 6.07 Å². The van der Waals surface area contributed by atoms with E-state index in [2.05, 4.69) is 33.6 Å². The van der Waals surface area contributed by atoms with E-state index in [-0.39, 0.29) is 18.0 Å². The minimum atomic E-state index is -0.220. The van der Waals surface area contributed by atoms with Crippen molar-refractivity contribution < 1.29 is 4.79 Å². The number of nitrogens with one attached hydrogen (secondary N) is 2. The van der Waals surface area contributed by atoms with Crippen LogP contribution in [0.1, 0.15) is 78.2 Å². The van der Waals surface area contributed by atoms with E-state index < -0.39 is 0 Å². The van der Waals surface area contributed by atoms with Gasteiger partial charge in [-0.05, 0) is 101 Å². The number of amides is 1. The number of anilines is 1. The zero-order valence-corrected chi connectivity index (χ0v) is 23.5. The number of benzene rings is 1. The third-order valence-corrected chi connectivity index (χ3v) is 8.50. The highest BCUT2D eigenvalue weighted by Gasteiger charge is 2.30. The molecule has 6 nitrogen and oxygen atoms in total. The molecular formula is C30H41ClN4O2. The molecule has 200 valence electrons. The first-order valence-corrected chi connectivity index (χ1v) is 14.1. The van der Waals surface area contributed by atoms with Crippen molar-refractivity contribution in [3.63, 3.8) is 0 Å². The molecule has 1 aromatic heterocycles. The van der Waals surface area contributed by atoms with E-state index in [1.807, 2.05) is 32.9 Å². The molecule has 2 fully saturated rings. The molecule has 0 bridgehead atoms. The first-order valence-electron chi connectivity index (χ1n) is 13.7. The summed E-state index contributed by atoms with van der Waals surface area (Å²) in [6.45, 7) is 15.7. The van der Waals surface area contributed by atoms with Crippen molar-refractivity contribution in [3.05, 3.63) is 73.8 Å². The highest BCUT2D eigenvalue weighted by molar-refractivity contribution is 6.31. The summed E-state index contributed by atoms with van der Waals surface area (Å²) in [4.78, 5) is 33.4. The van der Waals surface area contributed by atoms with Crippen LogP contribution >= 0.6 is 11.6 Å². The monoisotopic (exact) mass is 524 g/mol. The number of nitrogens with zero attached hydrogens (tertiary/aromatic N) is 2. The molecule has 2 heterocycles. The number of halogens is 1.